The van der Waals surface area contributed by atoms with Crippen LogP contribution in [0.25, 0.3) is 0 Å². The Labute approximate surface area is 160 Å². The number of anilines is 2. The third kappa shape index (κ3) is 3.85. The Morgan fingerprint density at radius 1 is 1.31 bits per heavy atom. The van der Waals surface area contributed by atoms with Crippen LogP contribution in [0.2, 0.25) is 5.02 Å². The van der Waals surface area contributed by atoms with Gasteiger partial charge < -0.3 is 10.2 Å². The molecule has 0 aliphatic carbocycles. The number of carbonyl (C=O) groups is 2. The Kier molecular flexibility index (Phi) is 5.50. The predicted octanol–water partition coefficient (Wildman–Crippen LogP) is 3.93. The van der Waals surface area contributed by atoms with E-state index in [1.54, 1.807) is 28.8 Å². The number of hydrogen-bond donors (Lipinski definition) is 1. The van der Waals surface area contributed by atoms with Gasteiger partial charge in [0.25, 0.3) is 0 Å². The summed E-state index contributed by atoms with van der Waals surface area (Å²) in [5, 5.41) is 11.9. The first-order valence-corrected chi connectivity index (χ1v) is 9.57. The van der Waals surface area contributed by atoms with E-state index < -0.39 is 5.92 Å². The second-order valence-electron chi connectivity index (χ2n) is 5.90. The van der Waals surface area contributed by atoms with Gasteiger partial charge in [0.15, 0.2) is 0 Å². The van der Waals surface area contributed by atoms with Crippen LogP contribution in [-0.2, 0) is 9.59 Å². The number of thioether (sulfide) groups is 1. The molecule has 0 bridgehead atoms. The van der Waals surface area contributed by atoms with Crippen molar-refractivity contribution in [3.05, 3.63) is 53.1 Å². The summed E-state index contributed by atoms with van der Waals surface area (Å²) in [6.07, 6.45) is 2.16. The molecule has 0 radical (unpaired) electrons. The molecule has 3 rings (SSSR count). The van der Waals surface area contributed by atoms with Gasteiger partial charge >= 0.3 is 0 Å². The summed E-state index contributed by atoms with van der Waals surface area (Å²) >= 11 is 7.62. The van der Waals surface area contributed by atoms with Crippen molar-refractivity contribution in [1.82, 2.24) is 0 Å². The first-order valence-electron chi connectivity index (χ1n) is 7.96. The molecule has 1 atom stereocenters. The van der Waals surface area contributed by atoms with Gasteiger partial charge in [-0.3, -0.25) is 9.59 Å². The zero-order valence-corrected chi connectivity index (χ0v) is 15.6. The van der Waals surface area contributed by atoms with Crippen LogP contribution in [0.1, 0.15) is 12.0 Å². The summed E-state index contributed by atoms with van der Waals surface area (Å²) in [6, 6.07) is 14.4. The van der Waals surface area contributed by atoms with Gasteiger partial charge in [-0.2, -0.15) is 5.26 Å². The van der Waals surface area contributed by atoms with Gasteiger partial charge in [0.05, 0.1) is 16.5 Å². The van der Waals surface area contributed by atoms with E-state index in [1.165, 1.54) is 6.07 Å². The quantitative estimate of drug-likeness (QED) is 0.809. The molecule has 2 amide bonds. The second-order valence-corrected chi connectivity index (χ2v) is 7.19. The molecule has 1 aliphatic rings. The fourth-order valence-electron chi connectivity index (χ4n) is 2.82. The molecule has 2 aromatic carbocycles. The lowest BCUT2D eigenvalue weighted by Crippen LogP contribution is -2.28. The molecule has 1 fully saturated rings. The average Bonchev–Trinajstić information content (AvgIpc) is 3.04. The SMILES string of the molecule is CSc1ccc(N2CC(C(=O)Nc3ccc(C#N)c(Cl)c3)CC2=O)cc1. The third-order valence-electron chi connectivity index (χ3n) is 4.24. The molecule has 2 aromatic rings. The number of nitrogens with zero attached hydrogens (tertiary/aromatic N) is 2. The number of nitriles is 1. The van der Waals surface area contributed by atoms with Crippen LogP contribution < -0.4 is 10.2 Å². The Morgan fingerprint density at radius 3 is 2.65 bits per heavy atom. The Hall–Kier alpha value is -2.49. The van der Waals surface area contributed by atoms with Crippen molar-refractivity contribution < 1.29 is 9.59 Å². The van der Waals surface area contributed by atoms with E-state index in [-0.39, 0.29) is 23.3 Å². The van der Waals surface area contributed by atoms with Gasteiger partial charge in [-0.15, -0.1) is 11.8 Å². The molecule has 1 heterocycles. The molecule has 1 unspecified atom stereocenters. The van der Waals surface area contributed by atoms with Crippen LogP contribution in [0.5, 0.6) is 0 Å². The minimum Gasteiger partial charge on any atom is -0.326 e. The predicted molar refractivity (Wildman–Crippen MR) is 103 cm³/mol. The van der Waals surface area contributed by atoms with Crippen molar-refractivity contribution in [3.63, 3.8) is 0 Å². The van der Waals surface area contributed by atoms with E-state index in [0.29, 0.717) is 17.8 Å². The minimum atomic E-state index is -0.433. The first kappa shape index (κ1) is 18.3. The minimum absolute atomic E-state index is 0.0695. The summed E-state index contributed by atoms with van der Waals surface area (Å²) in [6.45, 7) is 0.341. The van der Waals surface area contributed by atoms with Crippen LogP contribution >= 0.6 is 23.4 Å². The number of amides is 2. The van der Waals surface area contributed by atoms with Gasteiger partial charge in [-0.1, -0.05) is 11.6 Å². The molecule has 1 N–H and O–H groups in total. The molecule has 7 heteroatoms. The Balaban J connectivity index is 1.68. The monoisotopic (exact) mass is 385 g/mol. The van der Waals surface area contributed by atoms with Crippen LogP contribution in [0, 0.1) is 17.2 Å². The molecule has 132 valence electrons. The number of hydrogen-bond acceptors (Lipinski definition) is 4. The number of carbonyl (C=O) groups excluding carboxylic acids is 2. The fourth-order valence-corrected chi connectivity index (χ4v) is 3.45. The largest absolute Gasteiger partial charge is 0.326 e. The highest BCUT2D eigenvalue weighted by atomic mass is 35.5. The van der Waals surface area contributed by atoms with Gasteiger partial charge in [-0.05, 0) is 48.7 Å². The lowest BCUT2D eigenvalue weighted by molar-refractivity contribution is -0.122. The number of halogens is 1. The van der Waals surface area contributed by atoms with Crippen molar-refractivity contribution >= 4 is 46.6 Å². The fraction of sp³-hybridized carbons (Fsp3) is 0.211. The summed E-state index contributed by atoms with van der Waals surface area (Å²) in [5.74, 6) is -0.737. The molecule has 0 saturated carbocycles. The lowest BCUT2D eigenvalue weighted by Gasteiger charge is -2.17. The zero-order valence-electron chi connectivity index (χ0n) is 14.0. The van der Waals surface area contributed by atoms with E-state index in [1.807, 2.05) is 36.6 Å². The van der Waals surface area contributed by atoms with Crippen molar-refractivity contribution in [2.45, 2.75) is 11.3 Å². The zero-order chi connectivity index (χ0) is 18.7. The van der Waals surface area contributed by atoms with Crippen molar-refractivity contribution in [2.75, 3.05) is 23.0 Å². The summed E-state index contributed by atoms with van der Waals surface area (Å²) in [4.78, 5) is 27.6. The number of nitrogens with one attached hydrogen (secondary N) is 1. The molecule has 0 aromatic heterocycles. The first-order chi connectivity index (χ1) is 12.5. The number of benzene rings is 2. The van der Waals surface area contributed by atoms with Crippen LogP contribution in [0.4, 0.5) is 11.4 Å². The molecule has 0 spiro atoms. The number of rotatable bonds is 4. The Morgan fingerprint density at radius 2 is 2.04 bits per heavy atom. The van der Waals surface area contributed by atoms with E-state index in [0.717, 1.165) is 10.6 Å². The molecular weight excluding hydrogens is 370 g/mol. The summed E-state index contributed by atoms with van der Waals surface area (Å²) < 4.78 is 0. The maximum absolute atomic E-state index is 12.5. The molecule has 1 saturated heterocycles. The Bertz CT molecular complexity index is 893. The van der Waals surface area contributed by atoms with Crippen LogP contribution in [0.15, 0.2) is 47.4 Å². The highest BCUT2D eigenvalue weighted by Crippen LogP contribution is 2.28. The average molecular weight is 386 g/mol. The van der Waals surface area contributed by atoms with E-state index in [4.69, 9.17) is 16.9 Å². The van der Waals surface area contributed by atoms with E-state index in [2.05, 4.69) is 5.32 Å². The maximum atomic E-state index is 12.5. The lowest BCUT2D eigenvalue weighted by atomic mass is 10.1. The topological polar surface area (TPSA) is 73.2 Å². The standard InChI is InChI=1S/C19H16ClN3O2S/c1-26-16-6-4-15(5-7-16)23-11-13(8-18(23)24)19(25)22-14-3-2-12(10-21)17(20)9-14/h2-7,9,13H,8,11H2,1H3,(H,22,25). The highest BCUT2D eigenvalue weighted by Gasteiger charge is 2.35. The van der Waals surface area contributed by atoms with Crippen LogP contribution in [0.3, 0.4) is 0 Å². The second kappa shape index (κ2) is 7.81. The van der Waals surface area contributed by atoms with Crippen molar-refractivity contribution in [2.24, 2.45) is 5.92 Å². The van der Waals surface area contributed by atoms with Gasteiger partial charge in [0.2, 0.25) is 11.8 Å². The maximum Gasteiger partial charge on any atom is 0.229 e. The van der Waals surface area contributed by atoms with E-state index in [9.17, 15) is 9.59 Å². The van der Waals surface area contributed by atoms with Crippen molar-refractivity contribution in [3.8, 4) is 6.07 Å². The third-order valence-corrected chi connectivity index (χ3v) is 5.29. The van der Waals surface area contributed by atoms with Gasteiger partial charge in [0.1, 0.15) is 6.07 Å². The van der Waals surface area contributed by atoms with Crippen molar-refractivity contribution in [1.29, 1.82) is 5.26 Å². The normalized spacial score (nSPS) is 16.4. The molecule has 26 heavy (non-hydrogen) atoms. The summed E-state index contributed by atoms with van der Waals surface area (Å²) in [5.41, 5.74) is 1.65. The smallest absolute Gasteiger partial charge is 0.229 e. The summed E-state index contributed by atoms with van der Waals surface area (Å²) in [7, 11) is 0. The molecule has 5 nitrogen and oxygen atoms in total. The van der Waals surface area contributed by atoms with E-state index >= 15 is 0 Å². The molecular formula is C19H16ClN3O2S. The van der Waals surface area contributed by atoms with Gasteiger partial charge in [-0.25, -0.2) is 0 Å². The molecule has 1 aliphatic heterocycles. The van der Waals surface area contributed by atoms with Crippen LogP contribution in [-0.4, -0.2) is 24.6 Å². The highest BCUT2D eigenvalue weighted by molar-refractivity contribution is 7.98. The van der Waals surface area contributed by atoms with Gasteiger partial charge in [0, 0.05) is 29.2 Å².